The number of methoxy groups -OCH3 is 1. The highest BCUT2D eigenvalue weighted by Crippen LogP contribution is 2.12. The lowest BCUT2D eigenvalue weighted by Crippen LogP contribution is -2.12. The van der Waals surface area contributed by atoms with E-state index in [1.54, 1.807) is 36.0 Å². The zero-order chi connectivity index (χ0) is 14.1. The van der Waals surface area contributed by atoms with E-state index >= 15 is 0 Å². The molecule has 0 aliphatic carbocycles. The van der Waals surface area contributed by atoms with E-state index in [0.29, 0.717) is 35.7 Å². The first-order valence-corrected chi connectivity index (χ1v) is 7.07. The minimum absolute atomic E-state index is 0.0591. The van der Waals surface area contributed by atoms with Gasteiger partial charge in [0.15, 0.2) is 0 Å². The molecule has 0 atom stereocenters. The first-order chi connectivity index (χ1) is 9.11. The maximum Gasteiger partial charge on any atom is 0.306 e. The van der Waals surface area contributed by atoms with Crippen LogP contribution in [0.5, 0.6) is 0 Å². The average Bonchev–Trinajstić information content (AvgIpc) is 2.38. The molecule has 0 unspecified atom stereocenters. The van der Waals surface area contributed by atoms with E-state index in [4.69, 9.17) is 5.73 Å². The maximum absolute atomic E-state index is 11.6. The number of benzene rings is 1. The Morgan fingerprint density at radius 1 is 1.32 bits per heavy atom. The number of thioether (sulfide) groups is 1. The predicted octanol–water partition coefficient (Wildman–Crippen LogP) is 1.89. The van der Waals surface area contributed by atoms with Crippen molar-refractivity contribution < 1.29 is 14.3 Å². The van der Waals surface area contributed by atoms with E-state index in [2.05, 4.69) is 10.1 Å². The molecule has 0 saturated heterocycles. The van der Waals surface area contributed by atoms with Gasteiger partial charge in [0.25, 0.3) is 0 Å². The quantitative estimate of drug-likeness (QED) is 0.453. The number of carbonyl (C=O) groups is 2. The van der Waals surface area contributed by atoms with Gasteiger partial charge in [-0.25, -0.2) is 0 Å². The Morgan fingerprint density at radius 3 is 2.74 bits per heavy atom. The van der Waals surface area contributed by atoms with Crippen molar-refractivity contribution in [2.75, 3.05) is 29.7 Å². The van der Waals surface area contributed by atoms with Gasteiger partial charge < -0.3 is 15.8 Å². The second kappa shape index (κ2) is 8.42. The number of nitrogen functional groups attached to an aromatic ring is 1. The van der Waals surface area contributed by atoms with Gasteiger partial charge in [-0.1, -0.05) is 6.07 Å². The second-order valence-corrected chi connectivity index (χ2v) is 5.09. The van der Waals surface area contributed by atoms with Crippen molar-refractivity contribution in [2.45, 2.75) is 12.8 Å². The number of amides is 1. The molecule has 5 nitrogen and oxygen atoms in total. The zero-order valence-corrected chi connectivity index (χ0v) is 11.7. The molecule has 3 N–H and O–H groups in total. The third-order valence-electron chi connectivity index (χ3n) is 2.32. The first kappa shape index (κ1) is 15.4. The summed E-state index contributed by atoms with van der Waals surface area (Å²) in [6, 6.07) is 7.05. The van der Waals surface area contributed by atoms with E-state index in [1.807, 2.05) is 0 Å². The van der Waals surface area contributed by atoms with Gasteiger partial charge in [-0.3, -0.25) is 9.59 Å². The van der Waals surface area contributed by atoms with Crippen molar-refractivity contribution in [3.05, 3.63) is 24.3 Å². The molecule has 0 spiro atoms. The molecular weight excluding hydrogens is 264 g/mol. The van der Waals surface area contributed by atoms with Gasteiger partial charge in [0.1, 0.15) is 0 Å². The van der Waals surface area contributed by atoms with E-state index in [0.717, 1.165) is 0 Å². The Bertz CT molecular complexity index is 438. The molecule has 0 radical (unpaired) electrons. The SMILES string of the molecule is COC(=O)CCSCCC(=O)Nc1cccc(N)c1. The third-order valence-corrected chi connectivity index (χ3v) is 3.31. The fourth-order valence-electron chi connectivity index (χ4n) is 1.36. The van der Waals surface area contributed by atoms with Gasteiger partial charge in [0.2, 0.25) is 5.91 Å². The number of ether oxygens (including phenoxy) is 1. The summed E-state index contributed by atoms with van der Waals surface area (Å²) >= 11 is 1.55. The molecule has 0 fully saturated rings. The van der Waals surface area contributed by atoms with Crippen LogP contribution in [0.2, 0.25) is 0 Å². The predicted molar refractivity (Wildman–Crippen MR) is 78.1 cm³/mol. The smallest absolute Gasteiger partial charge is 0.306 e. The maximum atomic E-state index is 11.6. The number of esters is 1. The van der Waals surface area contributed by atoms with Gasteiger partial charge >= 0.3 is 5.97 Å². The number of anilines is 2. The minimum atomic E-state index is -0.225. The molecule has 1 rings (SSSR count). The van der Waals surface area contributed by atoms with Crippen LogP contribution in [0.1, 0.15) is 12.8 Å². The normalized spacial score (nSPS) is 9.95. The van der Waals surface area contributed by atoms with Crippen LogP contribution in [0, 0.1) is 0 Å². The van der Waals surface area contributed by atoms with Crippen molar-refractivity contribution in [3.8, 4) is 0 Å². The molecule has 1 amide bonds. The van der Waals surface area contributed by atoms with Crippen molar-refractivity contribution in [1.82, 2.24) is 0 Å². The Hall–Kier alpha value is -1.69. The number of hydrogen-bond donors (Lipinski definition) is 2. The van der Waals surface area contributed by atoms with Gasteiger partial charge in [-0.2, -0.15) is 11.8 Å². The summed E-state index contributed by atoms with van der Waals surface area (Å²) in [5.41, 5.74) is 6.93. The number of hydrogen-bond acceptors (Lipinski definition) is 5. The Kier molecular flexibility index (Phi) is 6.81. The van der Waals surface area contributed by atoms with E-state index in [-0.39, 0.29) is 11.9 Å². The summed E-state index contributed by atoms with van der Waals surface area (Å²) in [5.74, 6) is 1.05. The molecule has 6 heteroatoms. The summed E-state index contributed by atoms with van der Waals surface area (Å²) in [6.07, 6.45) is 0.776. The second-order valence-electron chi connectivity index (χ2n) is 3.86. The summed E-state index contributed by atoms with van der Waals surface area (Å²) in [4.78, 5) is 22.5. The summed E-state index contributed by atoms with van der Waals surface area (Å²) in [7, 11) is 1.37. The summed E-state index contributed by atoms with van der Waals surface area (Å²) in [6.45, 7) is 0. The fourth-order valence-corrected chi connectivity index (χ4v) is 2.21. The van der Waals surface area contributed by atoms with Crippen LogP contribution in [-0.2, 0) is 14.3 Å². The van der Waals surface area contributed by atoms with Crippen LogP contribution in [0.3, 0.4) is 0 Å². The van der Waals surface area contributed by atoms with E-state index in [1.165, 1.54) is 7.11 Å². The number of carbonyl (C=O) groups excluding carboxylic acids is 2. The van der Waals surface area contributed by atoms with Crippen molar-refractivity contribution >= 4 is 35.0 Å². The van der Waals surface area contributed by atoms with Crippen molar-refractivity contribution in [3.63, 3.8) is 0 Å². The van der Waals surface area contributed by atoms with Crippen LogP contribution < -0.4 is 11.1 Å². The van der Waals surface area contributed by atoms with Gasteiger partial charge in [0.05, 0.1) is 13.5 Å². The lowest BCUT2D eigenvalue weighted by molar-refractivity contribution is -0.140. The molecule has 0 aromatic heterocycles. The van der Waals surface area contributed by atoms with E-state index in [9.17, 15) is 9.59 Å². The van der Waals surface area contributed by atoms with Crippen LogP contribution in [0.15, 0.2) is 24.3 Å². The highest BCUT2D eigenvalue weighted by atomic mass is 32.2. The molecule has 0 aliphatic heterocycles. The van der Waals surface area contributed by atoms with Crippen LogP contribution in [0.25, 0.3) is 0 Å². The molecule has 1 aromatic rings. The van der Waals surface area contributed by atoms with Crippen LogP contribution in [0.4, 0.5) is 11.4 Å². The minimum Gasteiger partial charge on any atom is -0.469 e. The number of nitrogens with one attached hydrogen (secondary N) is 1. The average molecular weight is 282 g/mol. The monoisotopic (exact) mass is 282 g/mol. The van der Waals surface area contributed by atoms with Crippen LogP contribution in [-0.4, -0.2) is 30.5 Å². The molecule has 1 aromatic carbocycles. The van der Waals surface area contributed by atoms with Crippen LogP contribution >= 0.6 is 11.8 Å². The molecule has 19 heavy (non-hydrogen) atoms. The fraction of sp³-hybridized carbons (Fsp3) is 0.385. The molecule has 0 aliphatic rings. The summed E-state index contributed by atoms with van der Waals surface area (Å²) < 4.78 is 4.52. The Labute approximate surface area is 116 Å². The Balaban J connectivity index is 2.16. The molecule has 104 valence electrons. The van der Waals surface area contributed by atoms with Gasteiger partial charge in [-0.15, -0.1) is 0 Å². The number of rotatable bonds is 7. The summed E-state index contributed by atoms with van der Waals surface area (Å²) in [5, 5.41) is 2.77. The van der Waals surface area contributed by atoms with E-state index < -0.39 is 0 Å². The topological polar surface area (TPSA) is 81.4 Å². The lowest BCUT2D eigenvalue weighted by atomic mass is 10.3. The third kappa shape index (κ3) is 6.71. The number of nitrogens with two attached hydrogens (primary N) is 1. The van der Waals surface area contributed by atoms with Gasteiger partial charge in [-0.05, 0) is 18.2 Å². The lowest BCUT2D eigenvalue weighted by Gasteiger charge is -2.05. The highest BCUT2D eigenvalue weighted by molar-refractivity contribution is 7.99. The Morgan fingerprint density at radius 2 is 2.05 bits per heavy atom. The first-order valence-electron chi connectivity index (χ1n) is 5.92. The molecule has 0 saturated carbocycles. The van der Waals surface area contributed by atoms with Crippen molar-refractivity contribution in [2.24, 2.45) is 0 Å². The van der Waals surface area contributed by atoms with Crippen molar-refractivity contribution in [1.29, 1.82) is 0 Å². The highest BCUT2D eigenvalue weighted by Gasteiger charge is 2.04. The molecular formula is C13H18N2O3S. The molecule has 0 heterocycles. The van der Waals surface area contributed by atoms with Gasteiger partial charge in [0, 0.05) is 29.3 Å². The standard InChI is InChI=1S/C13H18N2O3S/c1-18-13(17)6-8-19-7-5-12(16)15-11-4-2-3-10(14)9-11/h2-4,9H,5-8,14H2,1H3,(H,15,16). The molecule has 0 bridgehead atoms. The zero-order valence-electron chi connectivity index (χ0n) is 10.8. The largest absolute Gasteiger partial charge is 0.469 e.